The molecule has 0 aromatic rings. The first kappa shape index (κ1) is 15.2. The molecule has 16 heavy (non-hydrogen) atoms. The largest absolute Gasteiger partial charge is 0.384 e. The molecule has 0 aromatic heterocycles. The normalized spacial score (nSPS) is 15.7. The molecule has 0 rings (SSSR count). The number of ether oxygens (including phenoxy) is 2. The second-order valence-corrected chi connectivity index (χ2v) is 3.89. The molecule has 0 aromatic carbocycles. The first-order valence-corrected chi connectivity index (χ1v) is 5.39. The molecular formula is C10H24N4O2. The Balaban J connectivity index is 4.00. The van der Waals surface area contributed by atoms with Gasteiger partial charge in [0.25, 0.3) is 0 Å². The summed E-state index contributed by atoms with van der Waals surface area (Å²) in [4.78, 5) is 4.32. The summed E-state index contributed by atoms with van der Waals surface area (Å²) in [6, 6.07) is 0.164. The SMILES string of the molecule is COCC(C)CN=C(NN)NC(C)COC. The standard InChI is InChI=1S/C10H24N4O2/c1-8(6-15-3)5-12-10(14-11)13-9(2)7-16-4/h8-9H,5-7,11H2,1-4H3,(H2,12,13,14). The van der Waals surface area contributed by atoms with E-state index >= 15 is 0 Å². The number of nitrogens with two attached hydrogens (primary N) is 1. The third kappa shape index (κ3) is 7.44. The summed E-state index contributed by atoms with van der Waals surface area (Å²) in [6.07, 6.45) is 0. The fourth-order valence-corrected chi connectivity index (χ4v) is 1.24. The fourth-order valence-electron chi connectivity index (χ4n) is 1.24. The number of hydrogen-bond acceptors (Lipinski definition) is 4. The van der Waals surface area contributed by atoms with E-state index in [0.29, 0.717) is 31.6 Å². The maximum Gasteiger partial charge on any atom is 0.206 e. The summed E-state index contributed by atoms with van der Waals surface area (Å²) in [5.41, 5.74) is 2.53. The van der Waals surface area contributed by atoms with Crippen LogP contribution in [0.2, 0.25) is 0 Å². The molecule has 2 unspecified atom stereocenters. The Morgan fingerprint density at radius 2 is 1.88 bits per heavy atom. The van der Waals surface area contributed by atoms with Crippen molar-refractivity contribution in [2.75, 3.05) is 34.0 Å². The minimum Gasteiger partial charge on any atom is -0.384 e. The lowest BCUT2D eigenvalue weighted by atomic mass is 10.2. The number of nitrogens with one attached hydrogen (secondary N) is 2. The van der Waals surface area contributed by atoms with Crippen LogP contribution in [0.15, 0.2) is 4.99 Å². The van der Waals surface area contributed by atoms with Gasteiger partial charge in [0.05, 0.1) is 13.2 Å². The molecule has 6 nitrogen and oxygen atoms in total. The van der Waals surface area contributed by atoms with E-state index in [1.807, 2.05) is 6.92 Å². The third-order valence-corrected chi connectivity index (χ3v) is 1.95. The molecule has 96 valence electrons. The van der Waals surface area contributed by atoms with E-state index < -0.39 is 0 Å². The Kier molecular flexibility index (Phi) is 8.88. The highest BCUT2D eigenvalue weighted by atomic mass is 16.5. The van der Waals surface area contributed by atoms with Gasteiger partial charge in [-0.15, -0.1) is 0 Å². The maximum absolute atomic E-state index is 5.36. The second kappa shape index (κ2) is 9.38. The van der Waals surface area contributed by atoms with Crippen LogP contribution < -0.4 is 16.6 Å². The van der Waals surface area contributed by atoms with Gasteiger partial charge in [-0.25, -0.2) is 5.84 Å². The van der Waals surface area contributed by atoms with Gasteiger partial charge in [0.2, 0.25) is 5.96 Å². The van der Waals surface area contributed by atoms with Crippen LogP contribution >= 0.6 is 0 Å². The van der Waals surface area contributed by atoms with Gasteiger partial charge in [0.1, 0.15) is 0 Å². The Morgan fingerprint density at radius 1 is 1.25 bits per heavy atom. The molecule has 0 spiro atoms. The summed E-state index contributed by atoms with van der Waals surface area (Å²) in [7, 11) is 3.34. The second-order valence-electron chi connectivity index (χ2n) is 3.89. The van der Waals surface area contributed by atoms with E-state index in [0.717, 1.165) is 0 Å². The van der Waals surface area contributed by atoms with Crippen molar-refractivity contribution < 1.29 is 9.47 Å². The zero-order valence-electron chi connectivity index (χ0n) is 10.6. The molecule has 0 fully saturated rings. The lowest BCUT2D eigenvalue weighted by molar-refractivity contribution is 0.162. The minimum absolute atomic E-state index is 0.164. The Bertz CT molecular complexity index is 199. The van der Waals surface area contributed by atoms with Crippen molar-refractivity contribution in [3.05, 3.63) is 0 Å². The number of methoxy groups -OCH3 is 2. The molecule has 0 amide bonds. The first-order valence-electron chi connectivity index (χ1n) is 5.39. The topological polar surface area (TPSA) is 80.9 Å². The van der Waals surface area contributed by atoms with Crippen molar-refractivity contribution in [3.63, 3.8) is 0 Å². The number of hydrogen-bond donors (Lipinski definition) is 3. The molecule has 0 aliphatic rings. The molecule has 6 heteroatoms. The predicted molar refractivity (Wildman–Crippen MR) is 65.1 cm³/mol. The van der Waals surface area contributed by atoms with Crippen molar-refractivity contribution in [3.8, 4) is 0 Å². The van der Waals surface area contributed by atoms with Crippen LogP contribution in [0.1, 0.15) is 13.8 Å². The first-order chi connectivity index (χ1) is 7.63. The van der Waals surface area contributed by atoms with Crippen LogP contribution in [0, 0.1) is 5.92 Å². The molecule has 0 heterocycles. The highest BCUT2D eigenvalue weighted by Crippen LogP contribution is 1.95. The van der Waals surface area contributed by atoms with Gasteiger partial charge in [0.15, 0.2) is 0 Å². The average Bonchev–Trinajstić information content (AvgIpc) is 2.25. The van der Waals surface area contributed by atoms with Crippen molar-refractivity contribution in [2.45, 2.75) is 19.9 Å². The molecule has 0 radical (unpaired) electrons. The van der Waals surface area contributed by atoms with Gasteiger partial charge in [-0.1, -0.05) is 6.92 Å². The quantitative estimate of drug-likeness (QED) is 0.243. The summed E-state index contributed by atoms with van der Waals surface area (Å²) in [6.45, 7) is 6.03. The Morgan fingerprint density at radius 3 is 2.38 bits per heavy atom. The van der Waals surface area contributed by atoms with Crippen LogP contribution in [-0.4, -0.2) is 46.0 Å². The smallest absolute Gasteiger partial charge is 0.206 e. The lowest BCUT2D eigenvalue weighted by Crippen LogP contribution is -2.47. The fraction of sp³-hybridized carbons (Fsp3) is 0.900. The summed E-state index contributed by atoms with van der Waals surface area (Å²) >= 11 is 0. The third-order valence-electron chi connectivity index (χ3n) is 1.95. The average molecular weight is 232 g/mol. The van der Waals surface area contributed by atoms with E-state index in [4.69, 9.17) is 15.3 Å². The molecule has 0 aliphatic heterocycles. The van der Waals surface area contributed by atoms with Gasteiger partial charge in [-0.05, 0) is 12.8 Å². The Hall–Kier alpha value is -0.850. The van der Waals surface area contributed by atoms with Gasteiger partial charge in [-0.2, -0.15) is 0 Å². The zero-order chi connectivity index (χ0) is 12.4. The van der Waals surface area contributed by atoms with Crippen molar-refractivity contribution in [1.29, 1.82) is 0 Å². The summed E-state index contributed by atoms with van der Waals surface area (Å²) in [5.74, 6) is 6.31. The van der Waals surface area contributed by atoms with E-state index in [2.05, 4.69) is 22.7 Å². The molecule has 0 saturated carbocycles. The van der Waals surface area contributed by atoms with Crippen LogP contribution in [0.3, 0.4) is 0 Å². The maximum atomic E-state index is 5.36. The molecule has 0 bridgehead atoms. The number of nitrogens with zero attached hydrogens (tertiary/aromatic N) is 1. The van der Waals surface area contributed by atoms with E-state index in [-0.39, 0.29) is 6.04 Å². The van der Waals surface area contributed by atoms with Gasteiger partial charge >= 0.3 is 0 Å². The molecule has 0 aliphatic carbocycles. The summed E-state index contributed by atoms with van der Waals surface area (Å²) in [5, 5.41) is 3.11. The van der Waals surface area contributed by atoms with Crippen LogP contribution in [-0.2, 0) is 9.47 Å². The number of hydrazine groups is 1. The highest BCUT2D eigenvalue weighted by molar-refractivity contribution is 5.79. The molecule has 0 saturated heterocycles. The van der Waals surface area contributed by atoms with Gasteiger partial charge in [0, 0.05) is 26.8 Å². The van der Waals surface area contributed by atoms with Crippen molar-refractivity contribution in [1.82, 2.24) is 10.7 Å². The predicted octanol–water partition coefficient (Wildman–Crippen LogP) is -0.287. The monoisotopic (exact) mass is 232 g/mol. The highest BCUT2D eigenvalue weighted by Gasteiger charge is 2.05. The van der Waals surface area contributed by atoms with Gasteiger partial charge < -0.3 is 14.8 Å². The van der Waals surface area contributed by atoms with Crippen LogP contribution in [0.5, 0.6) is 0 Å². The zero-order valence-corrected chi connectivity index (χ0v) is 10.6. The van der Waals surface area contributed by atoms with Gasteiger partial charge in [-0.3, -0.25) is 10.4 Å². The molecule has 4 N–H and O–H groups in total. The minimum atomic E-state index is 0.164. The van der Waals surface area contributed by atoms with Crippen molar-refractivity contribution >= 4 is 5.96 Å². The number of guanidine groups is 1. The van der Waals surface area contributed by atoms with E-state index in [1.165, 1.54) is 0 Å². The van der Waals surface area contributed by atoms with E-state index in [9.17, 15) is 0 Å². The van der Waals surface area contributed by atoms with E-state index in [1.54, 1.807) is 14.2 Å². The molecular weight excluding hydrogens is 208 g/mol. The number of rotatable bonds is 7. The van der Waals surface area contributed by atoms with Crippen molar-refractivity contribution in [2.24, 2.45) is 16.8 Å². The summed E-state index contributed by atoms with van der Waals surface area (Å²) < 4.78 is 10.0. The Labute approximate surface area is 97.6 Å². The lowest BCUT2D eigenvalue weighted by Gasteiger charge is -2.16. The van der Waals surface area contributed by atoms with Crippen LogP contribution in [0.4, 0.5) is 0 Å². The number of aliphatic imine (C=N–C) groups is 1. The molecule has 2 atom stereocenters. The van der Waals surface area contributed by atoms with Crippen LogP contribution in [0.25, 0.3) is 0 Å².